The molecule has 0 bridgehead atoms. The highest BCUT2D eigenvalue weighted by Gasteiger charge is 2.06. The minimum atomic E-state index is -0.994. The number of carbonyl (C=O) groups excluding carboxylic acids is 1. The van der Waals surface area contributed by atoms with Crippen LogP contribution in [0.5, 0.6) is 0 Å². The van der Waals surface area contributed by atoms with Gasteiger partial charge in [0.2, 0.25) is 0 Å². The Balaban J connectivity index is 1.90. The van der Waals surface area contributed by atoms with Crippen LogP contribution in [-0.4, -0.2) is 23.6 Å². The van der Waals surface area contributed by atoms with Crippen LogP contribution >= 0.6 is 0 Å². The Labute approximate surface area is 144 Å². The number of hydrogen-bond donors (Lipinski definition) is 2. The van der Waals surface area contributed by atoms with Crippen molar-refractivity contribution in [2.75, 3.05) is 18.7 Å². The molecule has 128 valence electrons. The number of benzene rings is 2. The van der Waals surface area contributed by atoms with E-state index < -0.39 is 10.8 Å². The van der Waals surface area contributed by atoms with Gasteiger partial charge in [-0.3, -0.25) is 4.21 Å². The number of hydrogen-bond acceptors (Lipinski definition) is 3. The molecule has 0 aliphatic heterocycles. The van der Waals surface area contributed by atoms with Crippen molar-refractivity contribution in [2.45, 2.75) is 24.5 Å². The summed E-state index contributed by atoms with van der Waals surface area (Å²) in [5, 5.41) is 5.61. The lowest BCUT2D eigenvalue weighted by molar-refractivity contribution is 0.119. The SMILES string of the molecule is CO[C@H](C)c1cccc(NC(=O)NCc2ccc([S@@](C)=O)cc2)c1. The highest BCUT2D eigenvalue weighted by atomic mass is 32.2. The van der Waals surface area contributed by atoms with Gasteiger partial charge in [-0.1, -0.05) is 24.3 Å². The first-order chi connectivity index (χ1) is 11.5. The van der Waals surface area contributed by atoms with Crippen molar-refractivity contribution in [3.63, 3.8) is 0 Å². The average Bonchev–Trinajstić information content (AvgIpc) is 2.59. The van der Waals surface area contributed by atoms with Crippen molar-refractivity contribution in [3.8, 4) is 0 Å². The third-order valence-corrected chi connectivity index (χ3v) is 4.61. The van der Waals surface area contributed by atoms with Crippen molar-refractivity contribution in [2.24, 2.45) is 0 Å². The van der Waals surface area contributed by atoms with Gasteiger partial charge in [0.15, 0.2) is 0 Å². The Hall–Kier alpha value is -2.18. The molecule has 0 aliphatic rings. The van der Waals surface area contributed by atoms with Crippen LogP contribution in [0.4, 0.5) is 10.5 Å². The predicted octanol–water partition coefficient (Wildman–Crippen LogP) is 3.45. The third kappa shape index (κ3) is 5.18. The number of amides is 2. The number of nitrogens with one attached hydrogen (secondary N) is 2. The van der Waals surface area contributed by atoms with Gasteiger partial charge in [-0.25, -0.2) is 4.79 Å². The maximum absolute atomic E-state index is 12.0. The van der Waals surface area contributed by atoms with E-state index >= 15 is 0 Å². The van der Waals surface area contributed by atoms with E-state index in [1.165, 1.54) is 0 Å². The van der Waals surface area contributed by atoms with E-state index in [9.17, 15) is 9.00 Å². The summed E-state index contributed by atoms with van der Waals surface area (Å²) in [6, 6.07) is 14.6. The van der Waals surface area contributed by atoms with Gasteiger partial charge in [0.05, 0.1) is 6.10 Å². The van der Waals surface area contributed by atoms with Crippen molar-refractivity contribution in [1.29, 1.82) is 0 Å². The molecule has 0 saturated carbocycles. The minimum absolute atomic E-state index is 0.0301. The standard InChI is InChI=1S/C18H22N2O3S/c1-13(23-2)15-5-4-6-16(11-15)20-18(21)19-12-14-7-9-17(10-8-14)24(3)22/h4-11,13H,12H2,1-3H3,(H2,19,20,21)/t13-,24-/m1/s1. The maximum Gasteiger partial charge on any atom is 0.319 e. The van der Waals surface area contributed by atoms with Crippen LogP contribution in [0, 0.1) is 0 Å². The highest BCUT2D eigenvalue weighted by molar-refractivity contribution is 7.84. The molecule has 0 spiro atoms. The van der Waals surface area contributed by atoms with Crippen LogP contribution in [0.2, 0.25) is 0 Å². The molecule has 2 rings (SSSR count). The number of urea groups is 1. The van der Waals surface area contributed by atoms with Gasteiger partial charge in [0.25, 0.3) is 0 Å². The first-order valence-electron chi connectivity index (χ1n) is 7.59. The van der Waals surface area contributed by atoms with E-state index in [0.29, 0.717) is 12.2 Å². The summed E-state index contributed by atoms with van der Waals surface area (Å²) >= 11 is 0. The van der Waals surface area contributed by atoms with Gasteiger partial charge in [0.1, 0.15) is 0 Å². The number of anilines is 1. The summed E-state index contributed by atoms with van der Waals surface area (Å²) in [7, 11) is 0.656. The molecule has 0 aliphatic carbocycles. The molecule has 2 atom stereocenters. The van der Waals surface area contributed by atoms with E-state index in [2.05, 4.69) is 10.6 Å². The Bertz CT molecular complexity index is 716. The van der Waals surface area contributed by atoms with E-state index in [-0.39, 0.29) is 12.1 Å². The Kier molecular flexibility index (Phi) is 6.52. The van der Waals surface area contributed by atoms with Crippen molar-refractivity contribution < 1.29 is 13.7 Å². The second-order valence-corrected chi connectivity index (χ2v) is 6.79. The van der Waals surface area contributed by atoms with Crippen LogP contribution in [0.1, 0.15) is 24.2 Å². The van der Waals surface area contributed by atoms with Crippen molar-refractivity contribution in [1.82, 2.24) is 5.32 Å². The maximum atomic E-state index is 12.0. The topological polar surface area (TPSA) is 67.4 Å². The van der Waals surface area contributed by atoms with Crippen LogP contribution in [-0.2, 0) is 22.1 Å². The first kappa shape index (κ1) is 18.2. The van der Waals surface area contributed by atoms with Gasteiger partial charge in [0, 0.05) is 41.3 Å². The third-order valence-electron chi connectivity index (χ3n) is 3.68. The quantitative estimate of drug-likeness (QED) is 0.842. The van der Waals surface area contributed by atoms with Crippen LogP contribution in [0.3, 0.4) is 0 Å². The highest BCUT2D eigenvalue weighted by Crippen LogP contribution is 2.19. The van der Waals surface area contributed by atoms with Gasteiger partial charge in [-0.05, 0) is 42.3 Å². The van der Waals surface area contributed by atoms with E-state index in [0.717, 1.165) is 16.0 Å². The normalized spacial score (nSPS) is 13.1. The lowest BCUT2D eigenvalue weighted by Gasteiger charge is -2.12. The predicted molar refractivity (Wildman–Crippen MR) is 96.5 cm³/mol. The minimum Gasteiger partial charge on any atom is -0.377 e. The van der Waals surface area contributed by atoms with Gasteiger partial charge in [-0.15, -0.1) is 0 Å². The fourth-order valence-electron chi connectivity index (χ4n) is 2.16. The largest absolute Gasteiger partial charge is 0.377 e. The van der Waals surface area contributed by atoms with Gasteiger partial charge >= 0.3 is 6.03 Å². The lowest BCUT2D eigenvalue weighted by Crippen LogP contribution is -2.28. The molecule has 0 radical (unpaired) electrons. The molecule has 2 N–H and O–H groups in total. The molecular weight excluding hydrogens is 324 g/mol. The molecule has 2 aromatic rings. The van der Waals surface area contributed by atoms with Crippen LogP contribution < -0.4 is 10.6 Å². The van der Waals surface area contributed by atoms with Crippen molar-refractivity contribution >= 4 is 22.5 Å². The summed E-state index contributed by atoms with van der Waals surface area (Å²) in [5.74, 6) is 0. The first-order valence-corrected chi connectivity index (χ1v) is 9.15. The molecule has 24 heavy (non-hydrogen) atoms. The second kappa shape index (κ2) is 8.61. The number of ether oxygens (including phenoxy) is 1. The zero-order valence-corrected chi connectivity index (χ0v) is 14.9. The van der Waals surface area contributed by atoms with E-state index in [1.54, 1.807) is 25.5 Å². The van der Waals surface area contributed by atoms with E-state index in [1.807, 2.05) is 43.3 Å². The molecular formula is C18H22N2O3S. The van der Waals surface area contributed by atoms with Gasteiger partial charge in [-0.2, -0.15) is 0 Å². The summed E-state index contributed by atoms with van der Waals surface area (Å²) < 4.78 is 16.6. The summed E-state index contributed by atoms with van der Waals surface area (Å²) in [4.78, 5) is 12.8. The number of methoxy groups -OCH3 is 1. The Morgan fingerprint density at radius 2 is 1.92 bits per heavy atom. The van der Waals surface area contributed by atoms with E-state index in [4.69, 9.17) is 4.74 Å². The second-order valence-electron chi connectivity index (χ2n) is 5.41. The molecule has 0 saturated heterocycles. The molecule has 5 nitrogen and oxygen atoms in total. The zero-order valence-electron chi connectivity index (χ0n) is 14.0. The lowest BCUT2D eigenvalue weighted by atomic mass is 10.1. The van der Waals surface area contributed by atoms with Crippen LogP contribution in [0.15, 0.2) is 53.4 Å². The fraction of sp³-hybridized carbons (Fsp3) is 0.278. The monoisotopic (exact) mass is 346 g/mol. The van der Waals surface area contributed by atoms with Crippen molar-refractivity contribution in [3.05, 3.63) is 59.7 Å². The Morgan fingerprint density at radius 3 is 2.54 bits per heavy atom. The average molecular weight is 346 g/mol. The molecule has 0 aromatic heterocycles. The smallest absolute Gasteiger partial charge is 0.319 e. The molecule has 6 heteroatoms. The summed E-state index contributed by atoms with van der Waals surface area (Å²) in [5.41, 5.74) is 2.66. The molecule has 2 aromatic carbocycles. The summed E-state index contributed by atoms with van der Waals surface area (Å²) in [6.07, 6.45) is 1.61. The van der Waals surface area contributed by atoms with Crippen LogP contribution in [0.25, 0.3) is 0 Å². The molecule has 0 unspecified atom stereocenters. The molecule has 0 heterocycles. The molecule has 2 amide bonds. The number of carbonyl (C=O) groups is 1. The van der Waals surface area contributed by atoms with Gasteiger partial charge < -0.3 is 15.4 Å². The fourth-order valence-corrected chi connectivity index (χ4v) is 2.68. The summed E-state index contributed by atoms with van der Waals surface area (Å²) in [6.45, 7) is 2.35. The zero-order chi connectivity index (χ0) is 17.5. The molecule has 0 fully saturated rings. The Morgan fingerprint density at radius 1 is 1.21 bits per heavy atom. The number of rotatable bonds is 6.